The van der Waals surface area contributed by atoms with Gasteiger partial charge in [-0.05, 0) is 24.3 Å². The first kappa shape index (κ1) is 22.1. The largest absolute Gasteiger partial charge is 0.417 e. The Morgan fingerprint density at radius 3 is 2.33 bits per heavy atom. The van der Waals surface area contributed by atoms with Crippen LogP contribution in [0, 0.1) is 0 Å². The lowest BCUT2D eigenvalue weighted by Gasteiger charge is -2.32. The maximum absolute atomic E-state index is 13.3. The summed E-state index contributed by atoms with van der Waals surface area (Å²) in [4.78, 5) is 15.9. The van der Waals surface area contributed by atoms with E-state index in [9.17, 15) is 18.0 Å². The number of halogens is 3. The summed E-state index contributed by atoms with van der Waals surface area (Å²) >= 11 is 0. The number of quaternary nitrogens is 1. The van der Waals surface area contributed by atoms with E-state index >= 15 is 0 Å². The number of carbonyl (C=O) groups excluding carboxylic acids is 1. The summed E-state index contributed by atoms with van der Waals surface area (Å²) in [7, 11) is 3.91. The maximum Gasteiger partial charge on any atom is 0.417 e. The second-order valence-electron chi connectivity index (χ2n) is 7.56. The summed E-state index contributed by atoms with van der Waals surface area (Å²) in [5.74, 6) is -0.717. The topological polar surface area (TPSA) is 46.0 Å². The number of alkyl halides is 3. The highest BCUT2D eigenvalue weighted by Crippen LogP contribution is 2.31. The average Bonchev–Trinajstić information content (AvgIpc) is 2.74. The van der Waals surface area contributed by atoms with Gasteiger partial charge in [0.25, 0.3) is 5.91 Å². The lowest BCUT2D eigenvalue weighted by Crippen LogP contribution is -3.15. The molecule has 0 aromatic heterocycles. The van der Waals surface area contributed by atoms with Crippen molar-refractivity contribution in [2.24, 2.45) is 0 Å². The summed E-state index contributed by atoms with van der Waals surface area (Å²) in [6, 6.07) is 12.8. The van der Waals surface area contributed by atoms with Crippen molar-refractivity contribution in [1.29, 1.82) is 0 Å². The first-order valence-electron chi connectivity index (χ1n) is 9.91. The minimum Gasteiger partial charge on any atom is -0.378 e. The van der Waals surface area contributed by atoms with E-state index in [2.05, 4.69) is 5.32 Å². The van der Waals surface area contributed by atoms with Gasteiger partial charge in [0, 0.05) is 25.3 Å². The number of ether oxygens (including phenoxy) is 1. The SMILES string of the molecule is CN(C)c1ccc([C@H](CNC(=O)c2ccccc2C(F)(F)F)[NH+]2CCOCC2)cc1. The average molecular weight is 422 g/mol. The fraction of sp³-hybridized carbons (Fsp3) is 0.409. The zero-order chi connectivity index (χ0) is 21.7. The molecular formula is C22H27F3N3O2+. The van der Waals surface area contributed by atoms with E-state index < -0.39 is 17.6 Å². The van der Waals surface area contributed by atoms with Crippen molar-refractivity contribution in [3.05, 3.63) is 65.2 Å². The molecule has 162 valence electrons. The van der Waals surface area contributed by atoms with Gasteiger partial charge < -0.3 is 19.9 Å². The van der Waals surface area contributed by atoms with Crippen LogP contribution >= 0.6 is 0 Å². The Hall–Kier alpha value is -2.58. The van der Waals surface area contributed by atoms with Gasteiger partial charge in [-0.15, -0.1) is 0 Å². The molecule has 8 heteroatoms. The van der Waals surface area contributed by atoms with Gasteiger partial charge in [-0.2, -0.15) is 13.2 Å². The van der Waals surface area contributed by atoms with E-state index in [1.807, 2.05) is 43.3 Å². The molecule has 0 unspecified atom stereocenters. The Labute approximate surface area is 174 Å². The van der Waals surface area contributed by atoms with Crippen LogP contribution < -0.4 is 15.1 Å². The summed E-state index contributed by atoms with van der Waals surface area (Å²) < 4.78 is 45.2. The number of hydrogen-bond acceptors (Lipinski definition) is 3. The third-order valence-corrected chi connectivity index (χ3v) is 5.38. The predicted molar refractivity (Wildman–Crippen MR) is 109 cm³/mol. The van der Waals surface area contributed by atoms with E-state index in [0.29, 0.717) is 13.2 Å². The van der Waals surface area contributed by atoms with Crippen LogP contribution in [0.1, 0.15) is 27.5 Å². The number of nitrogens with one attached hydrogen (secondary N) is 2. The van der Waals surface area contributed by atoms with E-state index in [1.54, 1.807) is 0 Å². The molecule has 2 aromatic carbocycles. The Morgan fingerprint density at radius 2 is 1.73 bits per heavy atom. The van der Waals surface area contributed by atoms with Crippen molar-refractivity contribution < 1.29 is 27.6 Å². The third-order valence-electron chi connectivity index (χ3n) is 5.38. The molecule has 2 N–H and O–H groups in total. The van der Waals surface area contributed by atoms with Crippen molar-refractivity contribution in [1.82, 2.24) is 5.32 Å². The monoisotopic (exact) mass is 422 g/mol. The molecule has 1 aliphatic heterocycles. The van der Waals surface area contributed by atoms with Gasteiger partial charge in [-0.1, -0.05) is 24.3 Å². The number of nitrogens with zero attached hydrogens (tertiary/aromatic N) is 1. The van der Waals surface area contributed by atoms with Crippen LogP contribution in [0.25, 0.3) is 0 Å². The van der Waals surface area contributed by atoms with Gasteiger partial charge in [0.05, 0.1) is 30.9 Å². The molecule has 30 heavy (non-hydrogen) atoms. The van der Waals surface area contributed by atoms with Crippen molar-refractivity contribution in [3.63, 3.8) is 0 Å². The molecule has 1 atom stereocenters. The van der Waals surface area contributed by atoms with E-state index in [4.69, 9.17) is 4.74 Å². The third kappa shape index (κ3) is 5.31. The second-order valence-corrected chi connectivity index (χ2v) is 7.56. The highest BCUT2D eigenvalue weighted by molar-refractivity contribution is 5.95. The molecule has 0 bridgehead atoms. The minimum atomic E-state index is -4.58. The number of rotatable bonds is 6. The first-order chi connectivity index (χ1) is 14.3. The summed E-state index contributed by atoms with van der Waals surface area (Å²) in [5.41, 5.74) is 0.802. The summed E-state index contributed by atoms with van der Waals surface area (Å²) in [5, 5.41) is 2.73. The molecule has 0 aliphatic carbocycles. The number of amides is 1. The van der Waals surface area contributed by atoms with Crippen LogP contribution in [0.5, 0.6) is 0 Å². The highest BCUT2D eigenvalue weighted by Gasteiger charge is 2.35. The zero-order valence-electron chi connectivity index (χ0n) is 17.1. The number of morpholine rings is 1. The Bertz CT molecular complexity index is 847. The van der Waals surface area contributed by atoms with Gasteiger partial charge in [0.1, 0.15) is 19.1 Å². The first-order valence-corrected chi connectivity index (χ1v) is 9.91. The lowest BCUT2D eigenvalue weighted by atomic mass is 10.0. The predicted octanol–water partition coefficient (Wildman–Crippen LogP) is 2.16. The molecule has 0 spiro atoms. The smallest absolute Gasteiger partial charge is 0.378 e. The van der Waals surface area contributed by atoms with Crippen molar-refractivity contribution in [2.45, 2.75) is 12.2 Å². The molecule has 2 aromatic rings. The number of benzene rings is 2. The Balaban J connectivity index is 1.79. The standard InChI is InChI=1S/C22H26F3N3O2/c1-27(2)17-9-7-16(8-10-17)20(28-11-13-30-14-12-28)15-26-21(29)18-5-3-4-6-19(18)22(23,24)25/h3-10,20H,11-15H2,1-2H3,(H,26,29)/p+1/t20-/m0/s1. The highest BCUT2D eigenvalue weighted by atomic mass is 19.4. The van der Waals surface area contributed by atoms with Crippen LogP contribution in [0.3, 0.4) is 0 Å². The molecule has 1 aliphatic rings. The van der Waals surface area contributed by atoms with Gasteiger partial charge in [0.15, 0.2) is 0 Å². The van der Waals surface area contributed by atoms with E-state index in [0.717, 1.165) is 30.4 Å². The molecule has 1 fully saturated rings. The van der Waals surface area contributed by atoms with E-state index in [1.165, 1.54) is 23.1 Å². The molecule has 3 rings (SSSR count). The Morgan fingerprint density at radius 1 is 1.10 bits per heavy atom. The van der Waals surface area contributed by atoms with Crippen LogP contribution in [-0.2, 0) is 10.9 Å². The van der Waals surface area contributed by atoms with Gasteiger partial charge >= 0.3 is 6.18 Å². The van der Waals surface area contributed by atoms with Gasteiger partial charge in [0.2, 0.25) is 0 Å². The van der Waals surface area contributed by atoms with Crippen LogP contribution in [-0.4, -0.2) is 52.9 Å². The fourth-order valence-electron chi connectivity index (χ4n) is 3.70. The normalized spacial score (nSPS) is 16.2. The van der Waals surface area contributed by atoms with E-state index in [-0.39, 0.29) is 18.2 Å². The molecule has 1 saturated heterocycles. The van der Waals surface area contributed by atoms with Crippen LogP contribution in [0.2, 0.25) is 0 Å². The van der Waals surface area contributed by atoms with Crippen LogP contribution in [0.4, 0.5) is 18.9 Å². The quantitative estimate of drug-likeness (QED) is 0.750. The fourth-order valence-corrected chi connectivity index (χ4v) is 3.70. The van der Waals surface area contributed by atoms with Gasteiger partial charge in [-0.25, -0.2) is 0 Å². The summed E-state index contributed by atoms with van der Waals surface area (Å²) in [6.45, 7) is 3.02. The minimum absolute atomic E-state index is 0.0767. The number of hydrogen-bond donors (Lipinski definition) is 2. The summed E-state index contributed by atoms with van der Waals surface area (Å²) in [6.07, 6.45) is -4.58. The van der Waals surface area contributed by atoms with Crippen molar-refractivity contribution in [2.75, 3.05) is 51.8 Å². The van der Waals surface area contributed by atoms with Crippen LogP contribution in [0.15, 0.2) is 48.5 Å². The molecule has 0 radical (unpaired) electrons. The number of carbonyl (C=O) groups is 1. The lowest BCUT2D eigenvalue weighted by molar-refractivity contribution is -0.937. The maximum atomic E-state index is 13.3. The molecule has 0 saturated carbocycles. The van der Waals surface area contributed by atoms with Crippen molar-refractivity contribution >= 4 is 11.6 Å². The molecule has 1 heterocycles. The molecular weight excluding hydrogens is 395 g/mol. The zero-order valence-corrected chi connectivity index (χ0v) is 17.1. The molecule has 1 amide bonds. The molecule has 5 nitrogen and oxygen atoms in total. The second kappa shape index (κ2) is 9.49. The Kier molecular flexibility index (Phi) is 6.99. The number of anilines is 1. The van der Waals surface area contributed by atoms with Gasteiger partial charge in [-0.3, -0.25) is 4.79 Å². The van der Waals surface area contributed by atoms with Crippen molar-refractivity contribution in [3.8, 4) is 0 Å².